The van der Waals surface area contributed by atoms with Gasteiger partial charge >= 0.3 is 0 Å². The number of nitrogens with zero attached hydrogens (tertiary/aromatic N) is 1. The minimum Gasteiger partial charge on any atom is -0.494 e. The molecule has 2 fully saturated rings. The van der Waals surface area contributed by atoms with Crippen molar-refractivity contribution in [1.82, 2.24) is 10.3 Å². The molecule has 2 heterocycles. The van der Waals surface area contributed by atoms with E-state index in [1.54, 1.807) is 14.2 Å². The molecule has 0 spiro atoms. The average Bonchev–Trinajstić information content (AvgIpc) is 3.49. The van der Waals surface area contributed by atoms with Gasteiger partial charge < -0.3 is 23.9 Å². The Labute approximate surface area is 193 Å². The molecule has 1 aromatic heterocycles. The van der Waals surface area contributed by atoms with Crippen molar-refractivity contribution in [3.05, 3.63) is 47.9 Å². The van der Waals surface area contributed by atoms with Gasteiger partial charge in [-0.15, -0.1) is 0 Å². The van der Waals surface area contributed by atoms with Crippen molar-refractivity contribution >= 4 is 17.0 Å². The molecule has 33 heavy (non-hydrogen) atoms. The van der Waals surface area contributed by atoms with Gasteiger partial charge in [0.15, 0.2) is 28.5 Å². The Morgan fingerprint density at radius 3 is 2.67 bits per heavy atom. The molecule has 1 saturated carbocycles. The molecule has 3 aromatic rings. The molecule has 2 aliphatic rings. The summed E-state index contributed by atoms with van der Waals surface area (Å²) in [6, 6.07) is 11.7. The number of oxazole rings is 1. The first-order chi connectivity index (χ1) is 16.1. The fourth-order valence-corrected chi connectivity index (χ4v) is 4.99. The molecule has 5 rings (SSSR count). The van der Waals surface area contributed by atoms with Crippen LogP contribution in [0.3, 0.4) is 0 Å². The number of rotatable bonds is 7. The van der Waals surface area contributed by atoms with Crippen LogP contribution >= 0.6 is 0 Å². The van der Waals surface area contributed by atoms with Gasteiger partial charge in [-0.25, -0.2) is 4.98 Å². The van der Waals surface area contributed by atoms with E-state index in [1.807, 2.05) is 24.3 Å². The second-order valence-electron chi connectivity index (χ2n) is 8.93. The van der Waals surface area contributed by atoms with E-state index in [4.69, 9.17) is 18.6 Å². The molecule has 1 amide bonds. The Balaban J connectivity index is 1.34. The van der Waals surface area contributed by atoms with Gasteiger partial charge in [-0.2, -0.15) is 0 Å². The van der Waals surface area contributed by atoms with Gasteiger partial charge in [-0.1, -0.05) is 12.1 Å². The lowest BCUT2D eigenvalue weighted by atomic mass is 9.83. The summed E-state index contributed by atoms with van der Waals surface area (Å²) in [6.45, 7) is 0.603. The summed E-state index contributed by atoms with van der Waals surface area (Å²) < 4.78 is 23.1. The molecule has 0 bridgehead atoms. The number of carbonyl (C=O) groups is 1. The van der Waals surface area contributed by atoms with Crippen LogP contribution in [0, 0.1) is 5.92 Å². The third-order valence-electron chi connectivity index (χ3n) is 6.78. The van der Waals surface area contributed by atoms with Gasteiger partial charge in [0.1, 0.15) is 5.75 Å². The Hall–Kier alpha value is -3.22. The number of hydrogen-bond acceptors (Lipinski definition) is 6. The highest BCUT2D eigenvalue weighted by atomic mass is 16.5. The lowest BCUT2D eigenvalue weighted by molar-refractivity contribution is -0.127. The summed E-state index contributed by atoms with van der Waals surface area (Å²) in [4.78, 5) is 17.3. The van der Waals surface area contributed by atoms with Crippen LogP contribution < -0.4 is 19.5 Å². The molecule has 174 valence electrons. The van der Waals surface area contributed by atoms with Gasteiger partial charge in [0.25, 0.3) is 0 Å². The van der Waals surface area contributed by atoms with E-state index in [1.165, 1.54) is 12.8 Å². The molecule has 1 aliphatic carbocycles. The number of benzene rings is 2. The van der Waals surface area contributed by atoms with E-state index in [0.29, 0.717) is 35.7 Å². The Bertz CT molecular complexity index is 1130. The summed E-state index contributed by atoms with van der Waals surface area (Å²) in [5, 5.41) is 3.07. The number of hydrogen-bond donors (Lipinski definition) is 1. The number of ether oxygens (including phenoxy) is 3. The zero-order valence-electron chi connectivity index (χ0n) is 19.1. The van der Waals surface area contributed by atoms with E-state index < -0.39 is 0 Å². The predicted molar refractivity (Wildman–Crippen MR) is 124 cm³/mol. The molecule has 2 atom stereocenters. The Morgan fingerprint density at radius 1 is 1.06 bits per heavy atom. The van der Waals surface area contributed by atoms with Crippen LogP contribution in [-0.4, -0.2) is 37.8 Å². The monoisotopic (exact) mass is 450 g/mol. The number of para-hydroxylation sites is 1. The highest BCUT2D eigenvalue weighted by Gasteiger charge is 2.32. The molecule has 1 N–H and O–H groups in total. The summed E-state index contributed by atoms with van der Waals surface area (Å²) in [5.74, 6) is 2.77. The van der Waals surface area contributed by atoms with Crippen LogP contribution in [0.4, 0.5) is 0 Å². The molecule has 0 unspecified atom stereocenters. The van der Waals surface area contributed by atoms with Crippen molar-refractivity contribution < 1.29 is 23.4 Å². The second-order valence-corrected chi connectivity index (χ2v) is 8.93. The van der Waals surface area contributed by atoms with Crippen LogP contribution in [0.25, 0.3) is 11.1 Å². The van der Waals surface area contributed by atoms with Crippen molar-refractivity contribution in [2.24, 2.45) is 5.92 Å². The number of carbonyl (C=O) groups excluding carboxylic acids is 1. The van der Waals surface area contributed by atoms with Gasteiger partial charge in [0.05, 0.1) is 20.3 Å². The van der Waals surface area contributed by atoms with E-state index in [9.17, 15) is 4.79 Å². The van der Waals surface area contributed by atoms with Gasteiger partial charge in [-0.05, 0) is 61.9 Å². The van der Waals surface area contributed by atoms with Crippen molar-refractivity contribution in [1.29, 1.82) is 0 Å². The zero-order valence-corrected chi connectivity index (χ0v) is 19.1. The molecule has 7 nitrogen and oxygen atoms in total. The van der Waals surface area contributed by atoms with Crippen molar-refractivity contribution in [2.45, 2.75) is 50.5 Å². The smallest absolute Gasteiger partial charge is 0.223 e. The topological polar surface area (TPSA) is 82.8 Å². The van der Waals surface area contributed by atoms with Crippen molar-refractivity contribution in [3.63, 3.8) is 0 Å². The molecule has 2 aromatic carbocycles. The van der Waals surface area contributed by atoms with Crippen LogP contribution in [0.1, 0.15) is 49.5 Å². The van der Waals surface area contributed by atoms with Crippen LogP contribution in [0.5, 0.6) is 17.2 Å². The van der Waals surface area contributed by atoms with E-state index in [0.717, 1.165) is 36.3 Å². The number of piperidine rings is 1. The molecule has 7 heteroatoms. The lowest BCUT2D eigenvalue weighted by Crippen LogP contribution is -2.41. The first-order valence-electron chi connectivity index (χ1n) is 11.7. The fraction of sp³-hybridized carbons (Fsp3) is 0.462. The summed E-state index contributed by atoms with van der Waals surface area (Å²) in [5.41, 5.74) is 2.50. The quantitative estimate of drug-likeness (QED) is 0.565. The molecular formula is C26H30N2O5. The fourth-order valence-electron chi connectivity index (χ4n) is 4.99. The Kier molecular flexibility index (Phi) is 6.11. The van der Waals surface area contributed by atoms with E-state index >= 15 is 0 Å². The normalized spacial score (nSPS) is 21.2. The summed E-state index contributed by atoms with van der Waals surface area (Å²) >= 11 is 0. The largest absolute Gasteiger partial charge is 0.494 e. The first-order valence-corrected chi connectivity index (χ1v) is 11.7. The SMILES string of the molecule is COc1ccc([C@H]2CNC(=O)[C@H](Cc3nc4c(OC)cccc4o3)C2)cc1OC1CCCC1. The van der Waals surface area contributed by atoms with Crippen molar-refractivity contribution in [2.75, 3.05) is 20.8 Å². The Morgan fingerprint density at radius 2 is 1.88 bits per heavy atom. The predicted octanol–water partition coefficient (Wildman–Crippen LogP) is 4.63. The van der Waals surface area contributed by atoms with Crippen LogP contribution in [0.15, 0.2) is 40.8 Å². The molecule has 1 saturated heterocycles. The summed E-state index contributed by atoms with van der Waals surface area (Å²) in [7, 11) is 3.28. The summed E-state index contributed by atoms with van der Waals surface area (Å²) in [6.07, 6.45) is 6.02. The van der Waals surface area contributed by atoms with Crippen LogP contribution in [-0.2, 0) is 11.2 Å². The third-order valence-corrected chi connectivity index (χ3v) is 6.78. The minimum absolute atomic E-state index is 0.0383. The molecule has 0 radical (unpaired) electrons. The third kappa shape index (κ3) is 4.49. The maximum absolute atomic E-state index is 12.7. The van der Waals surface area contributed by atoms with E-state index in [-0.39, 0.29) is 23.8 Å². The highest BCUT2D eigenvalue weighted by molar-refractivity contribution is 5.81. The van der Waals surface area contributed by atoms with Crippen molar-refractivity contribution in [3.8, 4) is 17.2 Å². The number of amides is 1. The first kappa shape index (κ1) is 21.6. The zero-order chi connectivity index (χ0) is 22.8. The molecular weight excluding hydrogens is 420 g/mol. The lowest BCUT2D eigenvalue weighted by Gasteiger charge is -2.29. The average molecular weight is 451 g/mol. The minimum atomic E-state index is -0.218. The molecule has 1 aliphatic heterocycles. The number of methoxy groups -OCH3 is 2. The maximum atomic E-state index is 12.7. The number of aromatic nitrogens is 1. The van der Waals surface area contributed by atoms with Gasteiger partial charge in [0.2, 0.25) is 5.91 Å². The highest BCUT2D eigenvalue weighted by Crippen LogP contribution is 2.37. The van der Waals surface area contributed by atoms with Gasteiger partial charge in [-0.3, -0.25) is 4.79 Å². The van der Waals surface area contributed by atoms with Gasteiger partial charge in [0, 0.05) is 24.8 Å². The maximum Gasteiger partial charge on any atom is 0.223 e. The number of fused-ring (bicyclic) bond motifs is 1. The second kappa shape index (κ2) is 9.33. The number of nitrogens with one attached hydrogen (secondary N) is 1. The standard InChI is InChI=1S/C26H30N2O5/c1-30-20-11-10-16(13-23(20)32-19-6-3-4-7-19)18-12-17(26(29)27-15-18)14-24-28-25-21(31-2)8-5-9-22(25)33-24/h5,8-11,13,17-19H,3-4,6-7,12,14-15H2,1-2H3,(H,27,29)/t17-,18+/m0/s1. The van der Waals surface area contributed by atoms with E-state index in [2.05, 4.69) is 22.4 Å². The van der Waals surface area contributed by atoms with Crippen LogP contribution in [0.2, 0.25) is 0 Å².